The second-order valence-electron chi connectivity index (χ2n) is 9.37. The van der Waals surface area contributed by atoms with Gasteiger partial charge in [-0.3, -0.25) is 4.40 Å². The number of hydrogen-bond donors (Lipinski definition) is 3. The Kier molecular flexibility index (Phi) is 7.34. The zero-order chi connectivity index (χ0) is 27.3. The number of aliphatic hydroxyl groups excluding tert-OH is 1. The van der Waals surface area contributed by atoms with Crippen LogP contribution in [0.25, 0.3) is 40.0 Å². The Bertz CT molecular complexity index is 1670. The normalized spacial score (nSPS) is 13.8. The second kappa shape index (κ2) is 11.5. The summed E-state index contributed by atoms with van der Waals surface area (Å²) in [7, 11) is 0. The molecule has 2 amide bonds. The number of nitrogens with zero attached hydrogens (tertiary/aromatic N) is 5. The van der Waals surface area contributed by atoms with Gasteiger partial charge in [0.2, 0.25) is 0 Å². The Morgan fingerprint density at radius 1 is 0.975 bits per heavy atom. The van der Waals surface area contributed by atoms with Crippen molar-refractivity contribution in [3.8, 4) is 11.3 Å². The molecule has 3 N–H and O–H groups in total. The van der Waals surface area contributed by atoms with Crippen molar-refractivity contribution in [2.75, 3.05) is 49.7 Å². The minimum absolute atomic E-state index is 0.114. The maximum Gasteiger partial charge on any atom is 0.319 e. The van der Waals surface area contributed by atoms with E-state index < -0.39 is 0 Å². The number of amides is 2. The van der Waals surface area contributed by atoms with E-state index in [1.807, 2.05) is 79.1 Å². The average molecular weight is 536 g/mol. The van der Waals surface area contributed by atoms with Crippen molar-refractivity contribution >= 4 is 46.2 Å². The smallest absolute Gasteiger partial charge is 0.319 e. The van der Waals surface area contributed by atoms with Crippen LogP contribution in [0.5, 0.6) is 0 Å². The molecule has 0 aliphatic carbocycles. The fourth-order valence-corrected chi connectivity index (χ4v) is 4.69. The molecule has 0 unspecified atom stereocenters. The number of nitrogens with one attached hydrogen (secondary N) is 2. The first-order valence-corrected chi connectivity index (χ1v) is 13.2. The number of pyridine rings is 1. The first-order valence-electron chi connectivity index (χ1n) is 13.2. The number of ether oxygens (including phenoxy) is 1. The van der Waals surface area contributed by atoms with E-state index in [4.69, 9.17) is 24.8 Å². The Labute approximate surface area is 231 Å². The summed E-state index contributed by atoms with van der Waals surface area (Å²) in [6, 6.07) is 19.3. The molecule has 1 fully saturated rings. The molecule has 202 valence electrons. The van der Waals surface area contributed by atoms with Crippen LogP contribution in [-0.2, 0) is 4.74 Å². The Morgan fingerprint density at radius 3 is 2.60 bits per heavy atom. The molecule has 5 aromatic rings. The number of imidazole rings is 1. The molecule has 10 nitrogen and oxygen atoms in total. The quantitative estimate of drug-likeness (QED) is 0.288. The van der Waals surface area contributed by atoms with Crippen molar-refractivity contribution in [2.45, 2.75) is 0 Å². The lowest BCUT2D eigenvalue weighted by Gasteiger charge is -2.28. The van der Waals surface area contributed by atoms with E-state index in [-0.39, 0.29) is 19.2 Å². The predicted molar refractivity (Wildman–Crippen MR) is 156 cm³/mol. The maximum atomic E-state index is 11.9. The average Bonchev–Trinajstić information content (AvgIpc) is 3.44. The molecule has 6 rings (SSSR count). The molecule has 2 aromatic carbocycles. The fourth-order valence-electron chi connectivity index (χ4n) is 4.69. The third-order valence-corrected chi connectivity index (χ3v) is 6.68. The largest absolute Gasteiger partial charge is 0.395 e. The molecule has 3 aromatic heterocycles. The summed E-state index contributed by atoms with van der Waals surface area (Å²) in [6.07, 6.45) is 7.80. The third-order valence-electron chi connectivity index (χ3n) is 6.68. The molecular weight excluding hydrogens is 506 g/mol. The van der Waals surface area contributed by atoms with Gasteiger partial charge < -0.3 is 25.4 Å². The number of carbonyl (C=O) groups excluding carboxylic acids is 1. The highest BCUT2D eigenvalue weighted by atomic mass is 16.5. The molecular formula is C30H29N7O3. The van der Waals surface area contributed by atoms with Crippen molar-refractivity contribution in [1.82, 2.24) is 24.7 Å². The lowest BCUT2D eigenvalue weighted by Crippen LogP contribution is -2.37. The zero-order valence-electron chi connectivity index (χ0n) is 21.8. The molecule has 10 heteroatoms. The van der Waals surface area contributed by atoms with Gasteiger partial charge in [-0.2, -0.15) is 0 Å². The van der Waals surface area contributed by atoms with Crippen molar-refractivity contribution in [2.24, 2.45) is 0 Å². The number of rotatable bonds is 7. The van der Waals surface area contributed by atoms with Crippen LogP contribution in [0, 0.1) is 0 Å². The van der Waals surface area contributed by atoms with E-state index in [0.717, 1.165) is 58.1 Å². The molecule has 4 heterocycles. The number of aromatic nitrogens is 4. The van der Waals surface area contributed by atoms with Crippen molar-refractivity contribution < 1.29 is 14.6 Å². The fraction of sp³-hybridized carbons (Fsp3) is 0.200. The van der Waals surface area contributed by atoms with E-state index in [1.165, 1.54) is 0 Å². The maximum absolute atomic E-state index is 11.9. The van der Waals surface area contributed by atoms with Gasteiger partial charge >= 0.3 is 6.03 Å². The van der Waals surface area contributed by atoms with Crippen molar-refractivity contribution in [1.29, 1.82) is 0 Å². The predicted octanol–water partition coefficient (Wildman–Crippen LogP) is 4.07. The first-order chi connectivity index (χ1) is 19.7. The lowest BCUT2D eigenvalue weighted by molar-refractivity contribution is 0.122. The topological polar surface area (TPSA) is 117 Å². The molecule has 0 radical (unpaired) electrons. The molecule has 0 bridgehead atoms. The summed E-state index contributed by atoms with van der Waals surface area (Å²) in [5.41, 5.74) is 5.80. The minimum atomic E-state index is -0.368. The summed E-state index contributed by atoms with van der Waals surface area (Å²) in [5, 5.41) is 15.3. The SMILES string of the molecule is O=C(NCCO)Nc1ccc(-c2cnc(N3CCOCC3)c3nc(C=Cc4ccc5ccccc5n4)cn23)cc1. The van der Waals surface area contributed by atoms with E-state index in [1.54, 1.807) is 0 Å². The Balaban J connectivity index is 1.34. The van der Waals surface area contributed by atoms with Gasteiger partial charge in [-0.1, -0.05) is 36.4 Å². The van der Waals surface area contributed by atoms with E-state index >= 15 is 0 Å². The number of morpholine rings is 1. The number of benzene rings is 2. The molecule has 1 saturated heterocycles. The highest BCUT2D eigenvalue weighted by Gasteiger charge is 2.19. The van der Waals surface area contributed by atoms with Gasteiger partial charge in [-0.25, -0.2) is 19.7 Å². The molecule has 0 saturated carbocycles. The monoisotopic (exact) mass is 535 g/mol. The number of fused-ring (bicyclic) bond motifs is 2. The number of hydrogen-bond acceptors (Lipinski definition) is 7. The van der Waals surface area contributed by atoms with Crippen molar-refractivity contribution in [3.05, 3.63) is 84.4 Å². The molecule has 40 heavy (non-hydrogen) atoms. The van der Waals surface area contributed by atoms with Crippen LogP contribution < -0.4 is 15.5 Å². The van der Waals surface area contributed by atoms with Crippen LogP contribution in [0.3, 0.4) is 0 Å². The van der Waals surface area contributed by atoms with E-state index in [0.29, 0.717) is 18.9 Å². The highest BCUT2D eigenvalue weighted by Crippen LogP contribution is 2.28. The molecule has 0 spiro atoms. The number of anilines is 2. The van der Waals surface area contributed by atoms with Gasteiger partial charge in [0.25, 0.3) is 0 Å². The molecule has 1 aliphatic heterocycles. The number of aliphatic hydroxyl groups is 1. The lowest BCUT2D eigenvalue weighted by atomic mass is 10.1. The summed E-state index contributed by atoms with van der Waals surface area (Å²) in [6.45, 7) is 2.88. The molecule has 0 atom stereocenters. The number of urea groups is 1. The van der Waals surface area contributed by atoms with Gasteiger partial charge in [0.15, 0.2) is 11.5 Å². The van der Waals surface area contributed by atoms with Crippen LogP contribution in [-0.4, -0.2) is 69.9 Å². The van der Waals surface area contributed by atoms with Gasteiger partial charge in [0, 0.05) is 42.5 Å². The Morgan fingerprint density at radius 2 is 1.77 bits per heavy atom. The minimum Gasteiger partial charge on any atom is -0.395 e. The van der Waals surface area contributed by atoms with Gasteiger partial charge in [-0.15, -0.1) is 0 Å². The van der Waals surface area contributed by atoms with Crippen LogP contribution in [0.1, 0.15) is 11.4 Å². The first kappa shape index (κ1) is 25.5. The summed E-state index contributed by atoms with van der Waals surface area (Å²) in [5.74, 6) is 0.814. The summed E-state index contributed by atoms with van der Waals surface area (Å²) >= 11 is 0. The Hall–Kier alpha value is -4.80. The van der Waals surface area contributed by atoms with Crippen molar-refractivity contribution in [3.63, 3.8) is 0 Å². The molecule has 1 aliphatic rings. The van der Waals surface area contributed by atoms with Crippen LogP contribution >= 0.6 is 0 Å². The van der Waals surface area contributed by atoms with Gasteiger partial charge in [0.1, 0.15) is 0 Å². The van der Waals surface area contributed by atoms with Crippen LogP contribution in [0.4, 0.5) is 16.3 Å². The van der Waals surface area contributed by atoms with E-state index in [9.17, 15) is 4.79 Å². The zero-order valence-corrected chi connectivity index (χ0v) is 21.8. The summed E-state index contributed by atoms with van der Waals surface area (Å²) in [4.78, 5) is 28.7. The van der Waals surface area contributed by atoms with E-state index in [2.05, 4.69) is 26.0 Å². The number of carbonyl (C=O) groups is 1. The van der Waals surface area contributed by atoms with Gasteiger partial charge in [-0.05, 0) is 36.4 Å². The second-order valence-corrected chi connectivity index (χ2v) is 9.37. The highest BCUT2D eigenvalue weighted by molar-refractivity contribution is 5.89. The van der Waals surface area contributed by atoms with Crippen LogP contribution in [0.15, 0.2) is 73.1 Å². The van der Waals surface area contributed by atoms with Gasteiger partial charge in [0.05, 0.1) is 48.6 Å². The summed E-state index contributed by atoms with van der Waals surface area (Å²) < 4.78 is 7.61. The third kappa shape index (κ3) is 5.49. The number of para-hydroxylation sites is 1. The van der Waals surface area contributed by atoms with Crippen LogP contribution in [0.2, 0.25) is 0 Å². The standard InChI is InChI=1S/C30H29N7O3/c38-16-13-31-30(39)35-24-9-6-22(7-10-24)27-19-32-28(36-14-17-40-18-15-36)29-34-25(20-37(27)29)12-11-23-8-5-21-3-1-2-4-26(21)33-23/h1-12,19-20,38H,13-18H2,(H2,31,35,39).